The predicted molar refractivity (Wildman–Crippen MR) is 71.1 cm³/mol. The summed E-state index contributed by atoms with van der Waals surface area (Å²) >= 11 is 1.32. The van der Waals surface area contributed by atoms with Gasteiger partial charge in [-0.05, 0) is 13.8 Å². The van der Waals surface area contributed by atoms with E-state index >= 15 is 0 Å². The molecule has 2 aliphatic rings. The molecule has 110 valence electrons. The second-order valence-electron chi connectivity index (χ2n) is 4.82. The number of nitrogens with zero attached hydrogens (tertiary/aromatic N) is 2. The normalized spacial score (nSPS) is 34.5. The van der Waals surface area contributed by atoms with Crippen molar-refractivity contribution in [2.24, 2.45) is 0 Å². The molecule has 2 fully saturated rings. The van der Waals surface area contributed by atoms with Gasteiger partial charge >= 0.3 is 5.97 Å². The van der Waals surface area contributed by atoms with Crippen LogP contribution in [0.15, 0.2) is 0 Å². The molecule has 1 N–H and O–H groups in total. The number of carboxylic acid groups (broad SMARTS) is 1. The molecular formula is C10H18N2O5S2. The first-order chi connectivity index (χ1) is 8.82. The second-order valence-corrected chi connectivity index (χ2v) is 7.70. The molecule has 3 atom stereocenters. The van der Waals surface area contributed by atoms with Crippen molar-refractivity contribution in [2.75, 3.05) is 24.7 Å². The van der Waals surface area contributed by atoms with E-state index in [1.807, 2.05) is 13.8 Å². The maximum atomic E-state index is 12.5. The average molecular weight is 310 g/mol. The van der Waals surface area contributed by atoms with Gasteiger partial charge in [-0.25, -0.2) is 0 Å². The highest BCUT2D eigenvalue weighted by Crippen LogP contribution is 2.27. The van der Waals surface area contributed by atoms with Gasteiger partial charge in [-0.2, -0.15) is 17.0 Å². The zero-order valence-electron chi connectivity index (χ0n) is 10.9. The highest BCUT2D eigenvalue weighted by molar-refractivity contribution is 8.00. The Morgan fingerprint density at radius 3 is 2.42 bits per heavy atom. The minimum absolute atomic E-state index is 0.183. The molecule has 7 nitrogen and oxygen atoms in total. The zero-order valence-corrected chi connectivity index (χ0v) is 12.5. The summed E-state index contributed by atoms with van der Waals surface area (Å²) in [6.45, 7) is 4.15. The van der Waals surface area contributed by atoms with E-state index in [0.717, 1.165) is 4.31 Å². The van der Waals surface area contributed by atoms with Gasteiger partial charge in [0.2, 0.25) is 0 Å². The molecule has 0 spiro atoms. The molecule has 0 amide bonds. The molecule has 0 aromatic rings. The lowest BCUT2D eigenvalue weighted by Gasteiger charge is -2.37. The molecule has 2 saturated heterocycles. The van der Waals surface area contributed by atoms with Gasteiger partial charge < -0.3 is 9.84 Å². The van der Waals surface area contributed by atoms with Crippen LogP contribution in [0.5, 0.6) is 0 Å². The topological polar surface area (TPSA) is 87.2 Å². The first kappa shape index (κ1) is 15.0. The van der Waals surface area contributed by atoms with Crippen molar-refractivity contribution in [1.82, 2.24) is 8.61 Å². The van der Waals surface area contributed by atoms with Gasteiger partial charge in [-0.15, -0.1) is 11.8 Å². The minimum atomic E-state index is -3.74. The smallest absolute Gasteiger partial charge is 0.322 e. The standard InChI is InChI=1S/C10H18N2O5S2/c1-7-3-11(4-8(2)17-7)19(15,16)12-6-18-5-9(12)10(13)14/h7-9H,3-6H2,1-2H3,(H,13,14). The quantitative estimate of drug-likeness (QED) is 0.777. The maximum Gasteiger partial charge on any atom is 0.322 e. The third-order valence-corrected chi connectivity index (χ3v) is 6.24. The monoisotopic (exact) mass is 310 g/mol. The van der Waals surface area contributed by atoms with E-state index in [1.54, 1.807) is 0 Å². The number of aliphatic carboxylic acids is 1. The molecule has 3 unspecified atom stereocenters. The number of hydrogen-bond donors (Lipinski definition) is 1. The number of carbonyl (C=O) groups is 1. The second kappa shape index (κ2) is 5.57. The van der Waals surface area contributed by atoms with Crippen molar-refractivity contribution in [1.29, 1.82) is 0 Å². The lowest BCUT2D eigenvalue weighted by Crippen LogP contribution is -2.55. The van der Waals surface area contributed by atoms with Gasteiger partial charge in [-0.3, -0.25) is 4.79 Å². The third-order valence-electron chi connectivity index (χ3n) is 3.14. The molecule has 2 rings (SSSR count). The van der Waals surface area contributed by atoms with Crippen LogP contribution in [-0.2, 0) is 19.7 Å². The summed E-state index contributed by atoms with van der Waals surface area (Å²) in [4.78, 5) is 11.1. The number of thioether (sulfide) groups is 1. The van der Waals surface area contributed by atoms with Crippen LogP contribution < -0.4 is 0 Å². The summed E-state index contributed by atoms with van der Waals surface area (Å²) in [5.41, 5.74) is 0. The minimum Gasteiger partial charge on any atom is -0.480 e. The summed E-state index contributed by atoms with van der Waals surface area (Å²) in [6.07, 6.45) is -0.367. The lowest BCUT2D eigenvalue weighted by atomic mass is 10.3. The van der Waals surface area contributed by atoms with Crippen molar-refractivity contribution in [3.8, 4) is 0 Å². The summed E-state index contributed by atoms with van der Waals surface area (Å²) in [7, 11) is -3.74. The van der Waals surface area contributed by atoms with E-state index in [-0.39, 0.29) is 31.2 Å². The molecule has 2 heterocycles. The van der Waals surface area contributed by atoms with Gasteiger partial charge in [0.15, 0.2) is 0 Å². The summed E-state index contributed by atoms with van der Waals surface area (Å²) in [5, 5.41) is 9.09. The Bertz CT molecular complexity index is 445. The lowest BCUT2D eigenvalue weighted by molar-refractivity contribution is -0.140. The molecule has 0 aliphatic carbocycles. The van der Waals surface area contributed by atoms with Gasteiger partial charge in [-0.1, -0.05) is 0 Å². The van der Waals surface area contributed by atoms with Crippen molar-refractivity contribution < 1.29 is 23.1 Å². The van der Waals surface area contributed by atoms with Crippen LogP contribution >= 0.6 is 11.8 Å². The van der Waals surface area contributed by atoms with Crippen molar-refractivity contribution >= 4 is 27.9 Å². The molecule has 0 saturated carbocycles. The Kier molecular flexibility index (Phi) is 4.41. The fourth-order valence-electron chi connectivity index (χ4n) is 2.32. The highest BCUT2D eigenvalue weighted by atomic mass is 32.2. The first-order valence-electron chi connectivity index (χ1n) is 6.05. The number of rotatable bonds is 3. The van der Waals surface area contributed by atoms with E-state index in [9.17, 15) is 13.2 Å². The molecule has 0 radical (unpaired) electrons. The van der Waals surface area contributed by atoms with Crippen LogP contribution in [0.1, 0.15) is 13.8 Å². The molecule has 0 bridgehead atoms. The molecular weight excluding hydrogens is 292 g/mol. The third kappa shape index (κ3) is 3.05. The van der Waals surface area contributed by atoms with E-state index in [1.165, 1.54) is 16.1 Å². The predicted octanol–water partition coefficient (Wildman–Crippen LogP) is -0.200. The van der Waals surface area contributed by atoms with Crippen LogP contribution in [0.2, 0.25) is 0 Å². The van der Waals surface area contributed by atoms with Gasteiger partial charge in [0.1, 0.15) is 6.04 Å². The fourth-order valence-corrected chi connectivity index (χ4v) is 5.76. The maximum absolute atomic E-state index is 12.5. The summed E-state index contributed by atoms with van der Waals surface area (Å²) in [6, 6.07) is -0.969. The van der Waals surface area contributed by atoms with Crippen LogP contribution in [-0.4, -0.2) is 71.1 Å². The van der Waals surface area contributed by atoms with E-state index in [0.29, 0.717) is 5.75 Å². The fraction of sp³-hybridized carbons (Fsp3) is 0.900. The van der Waals surface area contributed by atoms with Crippen molar-refractivity contribution in [3.05, 3.63) is 0 Å². The largest absolute Gasteiger partial charge is 0.480 e. The Morgan fingerprint density at radius 2 is 1.89 bits per heavy atom. The zero-order chi connectivity index (χ0) is 14.2. The van der Waals surface area contributed by atoms with E-state index < -0.39 is 22.2 Å². The van der Waals surface area contributed by atoms with Gasteiger partial charge in [0.25, 0.3) is 10.2 Å². The number of carboxylic acids is 1. The number of ether oxygens (including phenoxy) is 1. The molecule has 0 aromatic carbocycles. The Labute approximate surface area is 117 Å². The SMILES string of the molecule is CC1CN(S(=O)(=O)N2CSCC2C(=O)O)CC(C)O1. The summed E-state index contributed by atoms with van der Waals surface area (Å²) < 4.78 is 32.9. The molecule has 19 heavy (non-hydrogen) atoms. The van der Waals surface area contributed by atoms with Crippen molar-refractivity contribution in [3.63, 3.8) is 0 Å². The average Bonchev–Trinajstić information content (AvgIpc) is 2.76. The Morgan fingerprint density at radius 1 is 1.32 bits per heavy atom. The first-order valence-corrected chi connectivity index (χ1v) is 8.60. The number of hydrogen-bond acceptors (Lipinski definition) is 5. The van der Waals surface area contributed by atoms with Gasteiger partial charge in [0, 0.05) is 18.8 Å². The van der Waals surface area contributed by atoms with Crippen molar-refractivity contribution in [2.45, 2.75) is 32.1 Å². The van der Waals surface area contributed by atoms with Crippen LogP contribution in [0, 0.1) is 0 Å². The molecule has 9 heteroatoms. The van der Waals surface area contributed by atoms with E-state index in [4.69, 9.17) is 9.84 Å². The molecule has 0 aromatic heterocycles. The number of morpholine rings is 1. The Balaban J connectivity index is 2.19. The van der Waals surface area contributed by atoms with E-state index in [2.05, 4.69) is 0 Å². The van der Waals surface area contributed by atoms with Crippen LogP contribution in [0.3, 0.4) is 0 Å². The van der Waals surface area contributed by atoms with Crippen LogP contribution in [0.4, 0.5) is 0 Å². The van der Waals surface area contributed by atoms with Crippen LogP contribution in [0.25, 0.3) is 0 Å². The highest BCUT2D eigenvalue weighted by Gasteiger charge is 2.43. The summed E-state index contributed by atoms with van der Waals surface area (Å²) in [5.74, 6) is -0.605. The molecule has 2 aliphatic heterocycles. The van der Waals surface area contributed by atoms with Gasteiger partial charge in [0.05, 0.1) is 18.1 Å². The Hall–Kier alpha value is -0.350.